The molecule has 1 N–H and O–H groups in total. The topological polar surface area (TPSA) is 79.0 Å². The highest BCUT2D eigenvalue weighted by Gasteiger charge is 2.27. The van der Waals surface area contributed by atoms with Crippen LogP contribution in [0.2, 0.25) is 0 Å². The highest BCUT2D eigenvalue weighted by atomic mass is 16.6. The second kappa shape index (κ2) is 10.7. The number of ether oxygens (including phenoxy) is 1. The summed E-state index contributed by atoms with van der Waals surface area (Å²) in [5.41, 5.74) is 1.49. The molecule has 0 atom stereocenters. The fraction of sp³-hybridized carbons (Fsp3) is 0.222. The summed E-state index contributed by atoms with van der Waals surface area (Å²) in [6.07, 6.45) is 1.35. The standard InChI is InChI=1S/C27H27N3O4/c1-2-34-27(33)30-17-15-29(16-18-30)26(32)24(28-25(31)21-10-4-3-5-11-21)19-22-13-8-12-20-9-6-7-14-23(20)22/h3-14,19H,2,15-18H2,1H3,(H,28,31). The van der Waals surface area contributed by atoms with Gasteiger partial charge in [-0.2, -0.15) is 0 Å². The van der Waals surface area contributed by atoms with Gasteiger partial charge in [0.25, 0.3) is 11.8 Å². The van der Waals surface area contributed by atoms with E-state index in [1.54, 1.807) is 47.1 Å². The summed E-state index contributed by atoms with van der Waals surface area (Å²) in [6, 6.07) is 22.5. The van der Waals surface area contributed by atoms with Gasteiger partial charge in [0.1, 0.15) is 5.70 Å². The maximum absolute atomic E-state index is 13.5. The van der Waals surface area contributed by atoms with Gasteiger partial charge in [0, 0.05) is 31.7 Å². The van der Waals surface area contributed by atoms with Crippen molar-refractivity contribution in [1.29, 1.82) is 0 Å². The minimum atomic E-state index is -0.376. The molecule has 0 bridgehead atoms. The minimum absolute atomic E-state index is 0.190. The van der Waals surface area contributed by atoms with Crippen molar-refractivity contribution >= 4 is 34.8 Å². The molecular formula is C27H27N3O4. The Kier molecular flexibility index (Phi) is 7.22. The fourth-order valence-corrected chi connectivity index (χ4v) is 3.94. The second-order valence-corrected chi connectivity index (χ2v) is 7.92. The van der Waals surface area contributed by atoms with Gasteiger partial charge in [-0.1, -0.05) is 60.7 Å². The molecule has 174 valence electrons. The zero-order chi connectivity index (χ0) is 23.9. The van der Waals surface area contributed by atoms with Gasteiger partial charge < -0.3 is 19.9 Å². The van der Waals surface area contributed by atoms with Crippen molar-refractivity contribution in [3.05, 3.63) is 89.6 Å². The Morgan fingerprint density at radius 3 is 2.24 bits per heavy atom. The first-order valence-electron chi connectivity index (χ1n) is 11.3. The normalized spacial score (nSPS) is 14.1. The van der Waals surface area contributed by atoms with Crippen molar-refractivity contribution < 1.29 is 19.1 Å². The van der Waals surface area contributed by atoms with Gasteiger partial charge in [0.15, 0.2) is 0 Å². The largest absolute Gasteiger partial charge is 0.450 e. The summed E-state index contributed by atoms with van der Waals surface area (Å²) in [4.78, 5) is 41.7. The number of amides is 3. The van der Waals surface area contributed by atoms with E-state index in [-0.39, 0.29) is 23.6 Å². The van der Waals surface area contributed by atoms with Gasteiger partial charge in [-0.3, -0.25) is 9.59 Å². The van der Waals surface area contributed by atoms with Gasteiger partial charge in [-0.05, 0) is 41.5 Å². The monoisotopic (exact) mass is 457 g/mol. The van der Waals surface area contributed by atoms with Gasteiger partial charge in [-0.15, -0.1) is 0 Å². The van der Waals surface area contributed by atoms with Crippen LogP contribution in [0.5, 0.6) is 0 Å². The van der Waals surface area contributed by atoms with E-state index in [4.69, 9.17) is 4.74 Å². The molecule has 7 nitrogen and oxygen atoms in total. The lowest BCUT2D eigenvalue weighted by Crippen LogP contribution is -2.52. The number of piperazine rings is 1. The zero-order valence-corrected chi connectivity index (χ0v) is 19.1. The molecule has 3 amide bonds. The van der Waals surface area contributed by atoms with E-state index in [9.17, 15) is 14.4 Å². The van der Waals surface area contributed by atoms with Crippen molar-refractivity contribution in [1.82, 2.24) is 15.1 Å². The number of benzene rings is 3. The van der Waals surface area contributed by atoms with E-state index in [1.165, 1.54) is 0 Å². The molecule has 1 heterocycles. The number of hydrogen-bond donors (Lipinski definition) is 1. The quantitative estimate of drug-likeness (QED) is 0.589. The summed E-state index contributed by atoms with van der Waals surface area (Å²) in [5, 5.41) is 4.85. The van der Waals surface area contributed by atoms with Crippen LogP contribution in [0.4, 0.5) is 4.79 Å². The second-order valence-electron chi connectivity index (χ2n) is 7.92. The Labute approximate surface area is 198 Å². The number of fused-ring (bicyclic) bond motifs is 1. The van der Waals surface area contributed by atoms with Gasteiger partial charge in [-0.25, -0.2) is 4.79 Å². The predicted octanol–water partition coefficient (Wildman–Crippen LogP) is 3.91. The van der Waals surface area contributed by atoms with E-state index in [1.807, 2.05) is 48.5 Å². The van der Waals surface area contributed by atoms with Crippen LogP contribution >= 0.6 is 0 Å². The van der Waals surface area contributed by atoms with Gasteiger partial charge in [0.2, 0.25) is 0 Å². The van der Waals surface area contributed by atoms with Crippen molar-refractivity contribution in [2.24, 2.45) is 0 Å². The number of carbonyl (C=O) groups is 3. The smallest absolute Gasteiger partial charge is 0.409 e. The van der Waals surface area contributed by atoms with E-state index in [0.717, 1.165) is 16.3 Å². The molecule has 0 aliphatic carbocycles. The molecule has 1 aliphatic heterocycles. The van der Waals surface area contributed by atoms with Crippen molar-refractivity contribution in [3.63, 3.8) is 0 Å². The Morgan fingerprint density at radius 2 is 1.50 bits per heavy atom. The lowest BCUT2D eigenvalue weighted by atomic mass is 10.0. The van der Waals surface area contributed by atoms with Crippen molar-refractivity contribution in [2.75, 3.05) is 32.8 Å². The molecule has 3 aromatic rings. The molecule has 3 aromatic carbocycles. The molecule has 4 rings (SSSR count). The molecule has 0 saturated carbocycles. The van der Waals surface area contributed by atoms with Crippen LogP contribution < -0.4 is 5.32 Å². The van der Waals surface area contributed by atoms with Crippen LogP contribution in [-0.2, 0) is 9.53 Å². The van der Waals surface area contributed by atoms with Gasteiger partial charge in [0.05, 0.1) is 6.61 Å². The highest BCUT2D eigenvalue weighted by molar-refractivity contribution is 6.06. The van der Waals surface area contributed by atoms with Crippen LogP contribution in [0.15, 0.2) is 78.5 Å². The molecule has 1 aliphatic rings. The van der Waals surface area contributed by atoms with Crippen LogP contribution in [0, 0.1) is 0 Å². The van der Waals surface area contributed by atoms with Crippen LogP contribution in [0.25, 0.3) is 16.8 Å². The number of carbonyl (C=O) groups excluding carboxylic acids is 3. The molecule has 0 aromatic heterocycles. The average molecular weight is 458 g/mol. The van der Waals surface area contributed by atoms with E-state index in [0.29, 0.717) is 38.3 Å². The molecule has 7 heteroatoms. The van der Waals surface area contributed by atoms with Crippen molar-refractivity contribution in [3.8, 4) is 0 Å². The molecule has 34 heavy (non-hydrogen) atoms. The Hall–Kier alpha value is -4.13. The van der Waals surface area contributed by atoms with E-state index >= 15 is 0 Å². The summed E-state index contributed by atoms with van der Waals surface area (Å²) in [7, 11) is 0. The number of nitrogens with zero attached hydrogens (tertiary/aromatic N) is 2. The summed E-state index contributed by atoms with van der Waals surface area (Å²) in [6.45, 7) is 3.52. The fourth-order valence-electron chi connectivity index (χ4n) is 3.94. The molecule has 1 fully saturated rings. The van der Waals surface area contributed by atoms with Crippen molar-refractivity contribution in [2.45, 2.75) is 6.92 Å². The van der Waals surface area contributed by atoms with Crippen LogP contribution in [0.3, 0.4) is 0 Å². The Morgan fingerprint density at radius 1 is 0.853 bits per heavy atom. The molecule has 0 spiro atoms. The van der Waals surface area contributed by atoms with E-state index in [2.05, 4.69) is 5.32 Å². The third-order valence-corrected chi connectivity index (χ3v) is 5.73. The first-order chi connectivity index (χ1) is 16.6. The molecule has 0 unspecified atom stereocenters. The van der Waals surface area contributed by atoms with Crippen LogP contribution in [-0.4, -0.2) is 60.5 Å². The molecule has 1 saturated heterocycles. The first kappa shape index (κ1) is 23.0. The SMILES string of the molecule is CCOC(=O)N1CCN(C(=O)C(=Cc2cccc3ccccc23)NC(=O)c2ccccc2)CC1. The predicted molar refractivity (Wildman–Crippen MR) is 131 cm³/mol. The van der Waals surface area contributed by atoms with Crippen LogP contribution in [0.1, 0.15) is 22.8 Å². The highest BCUT2D eigenvalue weighted by Crippen LogP contribution is 2.21. The summed E-state index contributed by atoms with van der Waals surface area (Å²) < 4.78 is 5.06. The lowest BCUT2D eigenvalue weighted by molar-refractivity contribution is -0.128. The number of hydrogen-bond acceptors (Lipinski definition) is 4. The Bertz CT molecular complexity index is 1210. The maximum Gasteiger partial charge on any atom is 0.409 e. The van der Waals surface area contributed by atoms with E-state index < -0.39 is 0 Å². The third kappa shape index (κ3) is 5.26. The summed E-state index contributed by atoms with van der Waals surface area (Å²) in [5.74, 6) is -0.647. The third-order valence-electron chi connectivity index (χ3n) is 5.73. The number of nitrogens with one attached hydrogen (secondary N) is 1. The molecular weight excluding hydrogens is 430 g/mol. The minimum Gasteiger partial charge on any atom is -0.450 e. The van der Waals surface area contributed by atoms with Gasteiger partial charge >= 0.3 is 6.09 Å². The number of rotatable bonds is 5. The lowest BCUT2D eigenvalue weighted by Gasteiger charge is -2.34. The summed E-state index contributed by atoms with van der Waals surface area (Å²) >= 11 is 0. The maximum atomic E-state index is 13.5. The molecule has 0 radical (unpaired) electrons. The Balaban J connectivity index is 1.61. The zero-order valence-electron chi connectivity index (χ0n) is 19.1. The average Bonchev–Trinajstić information content (AvgIpc) is 2.88. The first-order valence-corrected chi connectivity index (χ1v) is 11.3.